The molecule has 2 aromatic rings. The molecule has 0 unspecified atom stereocenters. The number of aryl methyl sites for hydroxylation is 1. The molecule has 0 bridgehead atoms. The van der Waals surface area contributed by atoms with Crippen molar-refractivity contribution in [2.45, 2.75) is 38.0 Å². The highest BCUT2D eigenvalue weighted by Gasteiger charge is 2.26. The highest BCUT2D eigenvalue weighted by molar-refractivity contribution is 6.16. The van der Waals surface area contributed by atoms with Crippen molar-refractivity contribution in [3.05, 3.63) is 41.5 Å². The molecule has 1 aromatic heterocycles. The second-order valence-electron chi connectivity index (χ2n) is 4.91. The van der Waals surface area contributed by atoms with Crippen molar-refractivity contribution >= 4 is 11.6 Å². The normalized spacial score (nSPS) is 15.7. The van der Waals surface area contributed by atoms with Crippen LogP contribution in [0.3, 0.4) is 0 Å². The fraction of sp³-hybridized carbons (Fsp3) is 0.429. The van der Waals surface area contributed by atoms with E-state index in [0.29, 0.717) is 11.8 Å². The second kappa shape index (κ2) is 4.73. The lowest BCUT2D eigenvalue weighted by Crippen LogP contribution is -2.15. The van der Waals surface area contributed by atoms with E-state index in [-0.39, 0.29) is 0 Å². The van der Waals surface area contributed by atoms with Crippen molar-refractivity contribution in [1.29, 1.82) is 0 Å². The summed E-state index contributed by atoms with van der Waals surface area (Å²) in [5.74, 6) is 2.85. The van der Waals surface area contributed by atoms with Crippen molar-refractivity contribution in [3.63, 3.8) is 0 Å². The van der Waals surface area contributed by atoms with Crippen LogP contribution in [0, 0.1) is 6.92 Å². The third kappa shape index (κ3) is 1.93. The maximum Gasteiger partial charge on any atom is 0.152 e. The van der Waals surface area contributed by atoms with Crippen LogP contribution in [-0.2, 0) is 5.88 Å². The van der Waals surface area contributed by atoms with Crippen LogP contribution in [0.25, 0.3) is 5.69 Å². The quantitative estimate of drug-likeness (QED) is 0.791. The first kappa shape index (κ1) is 11.7. The number of rotatable bonds is 3. The van der Waals surface area contributed by atoms with E-state index in [0.717, 1.165) is 17.3 Å². The third-order valence-corrected chi connectivity index (χ3v) is 3.88. The summed E-state index contributed by atoms with van der Waals surface area (Å²) in [6, 6.07) is 8.43. The number of hydrogen-bond donors (Lipinski definition) is 0. The van der Waals surface area contributed by atoms with Gasteiger partial charge in [-0.15, -0.1) is 21.8 Å². The van der Waals surface area contributed by atoms with Gasteiger partial charge in [-0.2, -0.15) is 0 Å². The summed E-state index contributed by atoms with van der Waals surface area (Å²) in [5, 5.41) is 8.55. The molecule has 0 amide bonds. The van der Waals surface area contributed by atoms with E-state index in [1.165, 1.54) is 24.8 Å². The Morgan fingerprint density at radius 2 is 1.94 bits per heavy atom. The van der Waals surface area contributed by atoms with Crippen molar-refractivity contribution < 1.29 is 0 Å². The molecule has 4 heteroatoms. The van der Waals surface area contributed by atoms with E-state index in [1.807, 2.05) is 0 Å². The van der Waals surface area contributed by atoms with Crippen molar-refractivity contribution in [2.75, 3.05) is 0 Å². The predicted molar refractivity (Wildman–Crippen MR) is 72.2 cm³/mol. The molecule has 1 aliphatic carbocycles. The topological polar surface area (TPSA) is 30.7 Å². The van der Waals surface area contributed by atoms with Gasteiger partial charge in [-0.05, 0) is 31.9 Å². The molecule has 1 heterocycles. The first-order chi connectivity index (χ1) is 8.79. The molecule has 0 aliphatic heterocycles. The first-order valence-electron chi connectivity index (χ1n) is 6.37. The maximum absolute atomic E-state index is 5.97. The summed E-state index contributed by atoms with van der Waals surface area (Å²) in [7, 11) is 0. The number of hydrogen-bond acceptors (Lipinski definition) is 2. The Morgan fingerprint density at radius 1 is 1.22 bits per heavy atom. The zero-order chi connectivity index (χ0) is 12.5. The van der Waals surface area contributed by atoms with E-state index in [1.54, 1.807) is 0 Å². The minimum atomic E-state index is 0.396. The first-order valence-corrected chi connectivity index (χ1v) is 6.90. The summed E-state index contributed by atoms with van der Waals surface area (Å²) < 4.78 is 2.12. The lowest BCUT2D eigenvalue weighted by Gasteiger charge is -2.25. The van der Waals surface area contributed by atoms with Crippen LogP contribution in [0.5, 0.6) is 0 Å². The molecule has 1 saturated carbocycles. The van der Waals surface area contributed by atoms with E-state index >= 15 is 0 Å². The van der Waals surface area contributed by atoms with E-state index < -0.39 is 0 Å². The SMILES string of the molecule is Cc1ccc(-n2c(CCl)nnc2C2CCC2)cc1. The number of benzene rings is 1. The molecule has 0 radical (unpaired) electrons. The summed E-state index contributed by atoms with van der Waals surface area (Å²) in [5.41, 5.74) is 2.37. The second-order valence-corrected chi connectivity index (χ2v) is 5.17. The van der Waals surface area contributed by atoms with Crippen LogP contribution in [-0.4, -0.2) is 14.8 Å². The molecule has 0 N–H and O–H groups in total. The van der Waals surface area contributed by atoms with Crippen LogP contribution in [0.15, 0.2) is 24.3 Å². The van der Waals surface area contributed by atoms with Crippen LogP contribution in [0.2, 0.25) is 0 Å². The van der Waals surface area contributed by atoms with Gasteiger partial charge >= 0.3 is 0 Å². The summed E-state index contributed by atoms with van der Waals surface area (Å²) >= 11 is 5.97. The molecule has 0 atom stereocenters. The molecule has 18 heavy (non-hydrogen) atoms. The van der Waals surface area contributed by atoms with Crippen LogP contribution in [0.4, 0.5) is 0 Å². The molecule has 1 aliphatic rings. The zero-order valence-electron chi connectivity index (χ0n) is 10.4. The van der Waals surface area contributed by atoms with Gasteiger partial charge < -0.3 is 0 Å². The van der Waals surface area contributed by atoms with Gasteiger partial charge in [-0.3, -0.25) is 4.57 Å². The largest absolute Gasteiger partial charge is 0.282 e. The molecular weight excluding hydrogens is 246 g/mol. The van der Waals surface area contributed by atoms with Crippen LogP contribution in [0.1, 0.15) is 42.4 Å². The fourth-order valence-electron chi connectivity index (χ4n) is 2.32. The Balaban J connectivity index is 2.07. The van der Waals surface area contributed by atoms with Gasteiger partial charge in [0, 0.05) is 11.6 Å². The third-order valence-electron chi connectivity index (χ3n) is 3.64. The minimum absolute atomic E-state index is 0.396. The summed E-state index contributed by atoms with van der Waals surface area (Å²) in [6.45, 7) is 2.09. The number of halogens is 1. The number of aromatic nitrogens is 3. The van der Waals surface area contributed by atoms with Crippen LogP contribution < -0.4 is 0 Å². The van der Waals surface area contributed by atoms with Gasteiger partial charge in [-0.25, -0.2) is 0 Å². The Kier molecular flexibility index (Phi) is 3.08. The minimum Gasteiger partial charge on any atom is -0.282 e. The van der Waals surface area contributed by atoms with Gasteiger partial charge in [0.2, 0.25) is 0 Å². The highest BCUT2D eigenvalue weighted by Crippen LogP contribution is 2.36. The van der Waals surface area contributed by atoms with E-state index in [4.69, 9.17) is 11.6 Å². The number of nitrogens with zero attached hydrogens (tertiary/aromatic N) is 3. The molecular formula is C14H16ClN3. The summed E-state index contributed by atoms with van der Waals surface area (Å²) in [4.78, 5) is 0. The average Bonchev–Trinajstić information content (AvgIpc) is 2.72. The Labute approximate surface area is 112 Å². The van der Waals surface area contributed by atoms with Gasteiger partial charge in [0.05, 0.1) is 5.88 Å². The molecule has 3 rings (SSSR count). The zero-order valence-corrected chi connectivity index (χ0v) is 11.2. The van der Waals surface area contributed by atoms with Crippen molar-refractivity contribution in [2.24, 2.45) is 0 Å². The Bertz CT molecular complexity index is 541. The molecule has 1 aromatic carbocycles. The van der Waals surface area contributed by atoms with Gasteiger partial charge in [0.15, 0.2) is 5.82 Å². The lowest BCUT2D eigenvalue weighted by atomic mass is 9.85. The molecule has 0 saturated heterocycles. The van der Waals surface area contributed by atoms with Gasteiger partial charge in [0.1, 0.15) is 5.82 Å². The Hall–Kier alpha value is -1.35. The summed E-state index contributed by atoms with van der Waals surface area (Å²) in [6.07, 6.45) is 3.72. The van der Waals surface area contributed by atoms with Crippen LogP contribution >= 0.6 is 11.6 Å². The Morgan fingerprint density at radius 3 is 2.50 bits per heavy atom. The van der Waals surface area contributed by atoms with Gasteiger partial charge in [-0.1, -0.05) is 24.1 Å². The average molecular weight is 262 g/mol. The monoisotopic (exact) mass is 261 g/mol. The molecule has 3 nitrogen and oxygen atoms in total. The fourth-order valence-corrected chi connectivity index (χ4v) is 2.50. The lowest BCUT2D eigenvalue weighted by molar-refractivity contribution is 0.396. The smallest absolute Gasteiger partial charge is 0.152 e. The molecule has 1 fully saturated rings. The van der Waals surface area contributed by atoms with Crippen molar-refractivity contribution in [1.82, 2.24) is 14.8 Å². The predicted octanol–water partition coefficient (Wildman–Crippen LogP) is 3.58. The van der Waals surface area contributed by atoms with E-state index in [2.05, 4.69) is 46.0 Å². The standard InChI is InChI=1S/C14H16ClN3/c1-10-5-7-12(8-6-10)18-13(9-15)16-17-14(18)11-3-2-4-11/h5-8,11H,2-4,9H2,1H3. The van der Waals surface area contributed by atoms with Crippen molar-refractivity contribution in [3.8, 4) is 5.69 Å². The number of alkyl halides is 1. The van der Waals surface area contributed by atoms with E-state index in [9.17, 15) is 0 Å². The van der Waals surface area contributed by atoms with Gasteiger partial charge in [0.25, 0.3) is 0 Å². The molecule has 0 spiro atoms. The highest BCUT2D eigenvalue weighted by atomic mass is 35.5. The molecule has 94 valence electrons. The maximum atomic E-state index is 5.97.